The van der Waals surface area contributed by atoms with Crippen molar-refractivity contribution in [3.05, 3.63) is 130 Å². The van der Waals surface area contributed by atoms with E-state index in [9.17, 15) is 33.6 Å². The van der Waals surface area contributed by atoms with Gasteiger partial charge in [-0.1, -0.05) is 47.7 Å². The summed E-state index contributed by atoms with van der Waals surface area (Å²) in [7, 11) is 0. The van der Waals surface area contributed by atoms with Crippen LogP contribution in [0.25, 0.3) is 21.3 Å². The van der Waals surface area contributed by atoms with Gasteiger partial charge in [-0.05, 0) is 156 Å². The number of amides is 6. The normalized spacial score (nSPS) is 19.4. The van der Waals surface area contributed by atoms with Crippen molar-refractivity contribution < 1.29 is 47.4 Å². The average Bonchev–Trinajstić information content (AvgIpc) is 4.11. The Balaban J connectivity index is 0.682. The standard InChI is InChI=1S/C61H63FN8O9S/c1-35-39(40-22-24-51(64-54(40)59(77)79-61(2,3)4)69-27-26-37-11-8-13-41(44(37)34-69)55(73)66-60-63-46-14-5-6-16-50(46)80-60)12-9-15-49(35)78-38-20-18-36(19-21-38)10-7-17-53(72)68-30-28-67(29-31-68)48-33-43-42(32-45(48)62)57(75)70(58(43)76)47-23-25-52(71)65-56(47)74/h5-6,8-9,11-16,22,24,32-33,36,38,47H,7,10,17-21,23,25-31,34H2,1-4H3,(H,63,66,73)(H,65,71,74)/t36-,38-,47?. The highest BCUT2D eigenvalue weighted by Gasteiger charge is 2.45. The average molecular weight is 1100 g/mol. The van der Waals surface area contributed by atoms with E-state index in [1.54, 1.807) is 9.80 Å². The lowest BCUT2D eigenvalue weighted by Crippen LogP contribution is -2.54. The first-order valence-electron chi connectivity index (χ1n) is 27.6. The number of piperazine rings is 1. The molecule has 6 heterocycles. The first kappa shape index (κ1) is 53.9. The van der Waals surface area contributed by atoms with E-state index < -0.39 is 47.1 Å². The number of para-hydroxylation sites is 1. The molecule has 6 aromatic rings. The maximum Gasteiger partial charge on any atom is 0.358 e. The molecule has 17 nitrogen and oxygen atoms in total. The lowest BCUT2D eigenvalue weighted by atomic mass is 9.84. The highest BCUT2D eigenvalue weighted by atomic mass is 32.1. The molecule has 3 fully saturated rings. The summed E-state index contributed by atoms with van der Waals surface area (Å²) in [4.78, 5) is 108. The molecule has 4 aromatic carbocycles. The van der Waals surface area contributed by atoms with Crippen LogP contribution in [-0.4, -0.2) is 112 Å². The number of anilines is 3. The first-order valence-corrected chi connectivity index (χ1v) is 28.4. The minimum Gasteiger partial charge on any atom is -0.490 e. The van der Waals surface area contributed by atoms with Crippen LogP contribution < -0.4 is 25.2 Å². The van der Waals surface area contributed by atoms with Crippen molar-refractivity contribution >= 4 is 79.6 Å². The zero-order chi connectivity index (χ0) is 56.0. The maximum absolute atomic E-state index is 15.5. The summed E-state index contributed by atoms with van der Waals surface area (Å²) in [5.74, 6) is -2.28. The quantitative estimate of drug-likeness (QED) is 0.0819. The van der Waals surface area contributed by atoms with Gasteiger partial charge in [0.05, 0.1) is 33.1 Å². The molecule has 2 aromatic heterocycles. The molecule has 5 aliphatic rings. The molecule has 0 radical (unpaired) electrons. The number of hydrogen-bond acceptors (Lipinski definition) is 14. The fourth-order valence-electron chi connectivity index (χ4n) is 11.8. The molecule has 414 valence electrons. The van der Waals surface area contributed by atoms with Crippen LogP contribution in [0.2, 0.25) is 0 Å². The van der Waals surface area contributed by atoms with E-state index in [1.165, 1.54) is 17.4 Å². The second-order valence-electron chi connectivity index (χ2n) is 22.4. The predicted octanol–water partition coefficient (Wildman–Crippen LogP) is 9.43. The number of carbonyl (C=O) groups excluding carboxylic acids is 7. The van der Waals surface area contributed by atoms with Gasteiger partial charge in [0.25, 0.3) is 17.7 Å². The molecule has 4 aliphatic heterocycles. The highest BCUT2D eigenvalue weighted by Crippen LogP contribution is 2.39. The molecule has 80 heavy (non-hydrogen) atoms. The number of thiazole rings is 1. The van der Waals surface area contributed by atoms with Gasteiger partial charge in [-0.3, -0.25) is 44.3 Å². The van der Waals surface area contributed by atoms with Gasteiger partial charge < -0.3 is 24.2 Å². The summed E-state index contributed by atoms with van der Waals surface area (Å²) in [5, 5.41) is 5.72. The van der Waals surface area contributed by atoms with Gasteiger partial charge in [-0.25, -0.2) is 19.2 Å². The second kappa shape index (κ2) is 22.2. The summed E-state index contributed by atoms with van der Waals surface area (Å²) < 4.78 is 29.2. The number of halogens is 1. The monoisotopic (exact) mass is 1100 g/mol. The van der Waals surface area contributed by atoms with E-state index in [0.717, 1.165) is 87.7 Å². The number of carbonyl (C=O) groups is 7. The molecule has 2 saturated heterocycles. The number of esters is 1. The van der Waals surface area contributed by atoms with Crippen molar-refractivity contribution in [2.75, 3.05) is 47.8 Å². The Morgan fingerprint density at radius 1 is 0.787 bits per heavy atom. The second-order valence-corrected chi connectivity index (χ2v) is 23.4. The molecule has 0 bridgehead atoms. The van der Waals surface area contributed by atoms with Crippen molar-refractivity contribution in [2.45, 2.75) is 116 Å². The number of benzene rings is 4. The fraction of sp³-hybridized carbons (Fsp3) is 0.393. The van der Waals surface area contributed by atoms with Crippen LogP contribution in [0, 0.1) is 18.7 Å². The SMILES string of the molecule is Cc1c(O[C@H]2CC[C@H](CCCC(=O)N3CCN(c4cc5c(cc4F)C(=O)N(C4CCC(=O)NC4=O)C5=O)CC3)CC2)cccc1-c1ccc(N2CCc3cccc(C(=O)Nc4nc5ccccc5s4)c3C2)nc1C(=O)OC(C)(C)C. The summed E-state index contributed by atoms with van der Waals surface area (Å²) in [6.45, 7) is 9.99. The van der Waals surface area contributed by atoms with E-state index in [0.29, 0.717) is 80.1 Å². The number of pyridine rings is 1. The van der Waals surface area contributed by atoms with Crippen LogP contribution in [0.1, 0.15) is 137 Å². The van der Waals surface area contributed by atoms with Crippen molar-refractivity contribution in [1.29, 1.82) is 0 Å². The molecule has 6 amide bonds. The minimum atomic E-state index is -1.14. The lowest BCUT2D eigenvalue weighted by Gasteiger charge is -2.36. The third-order valence-electron chi connectivity index (χ3n) is 16.0. The third-order valence-corrected chi connectivity index (χ3v) is 16.9. The summed E-state index contributed by atoms with van der Waals surface area (Å²) in [5.41, 5.74) is 5.17. The topological polar surface area (TPSA) is 201 Å². The largest absolute Gasteiger partial charge is 0.490 e. The molecule has 1 aliphatic carbocycles. The Morgan fingerprint density at radius 2 is 1.54 bits per heavy atom. The van der Waals surface area contributed by atoms with Gasteiger partial charge in [-0.15, -0.1) is 0 Å². The number of nitrogens with one attached hydrogen (secondary N) is 2. The number of fused-ring (bicyclic) bond motifs is 3. The van der Waals surface area contributed by atoms with Crippen molar-refractivity contribution in [3.8, 4) is 16.9 Å². The zero-order valence-corrected chi connectivity index (χ0v) is 46.1. The van der Waals surface area contributed by atoms with Crippen molar-refractivity contribution in [2.24, 2.45) is 5.92 Å². The molecule has 0 spiro atoms. The van der Waals surface area contributed by atoms with Crippen LogP contribution >= 0.6 is 11.3 Å². The van der Waals surface area contributed by atoms with E-state index >= 15 is 4.39 Å². The first-order chi connectivity index (χ1) is 38.5. The molecule has 11 rings (SSSR count). The molecular weight excluding hydrogens is 1040 g/mol. The molecular formula is C61H63FN8O9S. The van der Waals surface area contributed by atoms with Crippen LogP contribution in [0.3, 0.4) is 0 Å². The maximum atomic E-state index is 15.5. The zero-order valence-electron chi connectivity index (χ0n) is 45.3. The Kier molecular flexibility index (Phi) is 15.0. The molecule has 1 saturated carbocycles. The van der Waals surface area contributed by atoms with Gasteiger partial charge in [0.15, 0.2) is 10.8 Å². The Morgan fingerprint density at radius 3 is 2.29 bits per heavy atom. The Hall–Kier alpha value is -8.06. The van der Waals surface area contributed by atoms with Crippen molar-refractivity contribution in [1.82, 2.24) is 25.1 Å². The fourth-order valence-corrected chi connectivity index (χ4v) is 12.6. The number of imide groups is 2. The summed E-state index contributed by atoms with van der Waals surface area (Å²) in [6, 6.07) is 24.6. The van der Waals surface area contributed by atoms with E-state index in [1.807, 2.05) is 94.4 Å². The van der Waals surface area contributed by atoms with E-state index in [4.69, 9.17) is 14.5 Å². The highest BCUT2D eigenvalue weighted by molar-refractivity contribution is 7.22. The van der Waals surface area contributed by atoms with Gasteiger partial charge >= 0.3 is 5.97 Å². The Labute approximate surface area is 466 Å². The minimum absolute atomic E-state index is 0.00231. The molecule has 2 N–H and O–H groups in total. The molecule has 1 atom stereocenters. The van der Waals surface area contributed by atoms with Crippen LogP contribution in [0.4, 0.5) is 21.0 Å². The molecule has 1 unspecified atom stereocenters. The van der Waals surface area contributed by atoms with E-state index in [2.05, 4.69) is 26.6 Å². The predicted molar refractivity (Wildman–Crippen MR) is 300 cm³/mol. The smallest absolute Gasteiger partial charge is 0.358 e. The van der Waals surface area contributed by atoms with Crippen LogP contribution in [-0.2, 0) is 32.1 Å². The van der Waals surface area contributed by atoms with Gasteiger partial charge in [0.1, 0.15) is 29.0 Å². The lowest BCUT2D eigenvalue weighted by molar-refractivity contribution is -0.136. The number of piperidine rings is 1. The summed E-state index contributed by atoms with van der Waals surface area (Å²) >= 11 is 1.43. The number of aromatic nitrogens is 2. The number of hydrogen-bond donors (Lipinski definition) is 2. The molecule has 19 heteroatoms. The number of ether oxygens (including phenoxy) is 2. The number of nitrogens with zero attached hydrogens (tertiary/aromatic N) is 6. The summed E-state index contributed by atoms with van der Waals surface area (Å²) in [6.07, 6.45) is 6.40. The van der Waals surface area contributed by atoms with Gasteiger partial charge in [-0.2, -0.15) is 0 Å². The number of rotatable bonds is 13. The van der Waals surface area contributed by atoms with E-state index in [-0.39, 0.29) is 53.3 Å². The third kappa shape index (κ3) is 11.1. The van der Waals surface area contributed by atoms with Gasteiger partial charge in [0.2, 0.25) is 17.7 Å². The van der Waals surface area contributed by atoms with Crippen molar-refractivity contribution in [3.63, 3.8) is 0 Å². The van der Waals surface area contributed by atoms with Crippen LogP contribution in [0.5, 0.6) is 5.75 Å². The van der Waals surface area contributed by atoms with Gasteiger partial charge in [0, 0.05) is 63.2 Å². The Bertz CT molecular complexity index is 3450. The van der Waals surface area contributed by atoms with Crippen LogP contribution in [0.15, 0.2) is 84.9 Å².